The zero-order valence-corrected chi connectivity index (χ0v) is 16.3. The van der Waals surface area contributed by atoms with Gasteiger partial charge in [-0.25, -0.2) is 14.8 Å². The number of Topliss-reactive ketones (excluding diaryl/α,β-unsaturated/α-hetero) is 1. The van der Waals surface area contributed by atoms with Crippen LogP contribution in [0, 0.1) is 27.7 Å². The van der Waals surface area contributed by atoms with E-state index in [0.29, 0.717) is 10.7 Å². The summed E-state index contributed by atoms with van der Waals surface area (Å²) in [6.07, 6.45) is 3.13. The molecule has 1 heterocycles. The third kappa shape index (κ3) is 4.19. The van der Waals surface area contributed by atoms with Gasteiger partial charge in [0.15, 0.2) is 17.5 Å². The first-order valence-electron chi connectivity index (χ1n) is 7.60. The van der Waals surface area contributed by atoms with E-state index in [-0.39, 0.29) is 23.1 Å². The molecule has 0 radical (unpaired) electrons. The van der Waals surface area contributed by atoms with Crippen LogP contribution >= 0.6 is 23.4 Å². The van der Waals surface area contributed by atoms with E-state index in [2.05, 4.69) is 9.97 Å². The molecule has 2 rings (SSSR count). The summed E-state index contributed by atoms with van der Waals surface area (Å²) >= 11 is 7.23. The van der Waals surface area contributed by atoms with Crippen molar-refractivity contribution in [3.8, 4) is 0 Å². The molecule has 1 aromatic heterocycles. The number of ether oxygens (including phenoxy) is 1. The second-order valence-electron chi connectivity index (χ2n) is 5.67. The first-order chi connectivity index (χ1) is 11.8. The zero-order chi connectivity index (χ0) is 18.7. The molecule has 0 aliphatic carbocycles. The number of carbonyl (C=O) groups is 2. The Morgan fingerprint density at radius 3 is 2.48 bits per heavy atom. The van der Waals surface area contributed by atoms with Gasteiger partial charge in [0.25, 0.3) is 0 Å². The molecule has 25 heavy (non-hydrogen) atoms. The molecule has 5 nitrogen and oxygen atoms in total. The Hall–Kier alpha value is -1.92. The van der Waals surface area contributed by atoms with Crippen LogP contribution in [0.3, 0.4) is 0 Å². The number of aromatic nitrogens is 2. The molecule has 0 saturated heterocycles. The third-order valence-electron chi connectivity index (χ3n) is 4.21. The Labute approximate surface area is 156 Å². The number of thioether (sulfide) groups is 1. The quantitative estimate of drug-likeness (QED) is 0.337. The van der Waals surface area contributed by atoms with Crippen LogP contribution in [-0.4, -0.2) is 34.6 Å². The van der Waals surface area contributed by atoms with Crippen molar-refractivity contribution in [1.29, 1.82) is 0 Å². The lowest BCUT2D eigenvalue weighted by atomic mass is 9.93. The molecule has 0 fully saturated rings. The van der Waals surface area contributed by atoms with Gasteiger partial charge in [-0.15, -0.1) is 0 Å². The van der Waals surface area contributed by atoms with Gasteiger partial charge in [0.2, 0.25) is 5.78 Å². The molecule has 0 N–H and O–H groups in total. The second-order valence-corrected chi connectivity index (χ2v) is 6.85. The van der Waals surface area contributed by atoms with Crippen LogP contribution in [0.4, 0.5) is 0 Å². The van der Waals surface area contributed by atoms with Crippen molar-refractivity contribution in [2.45, 2.75) is 32.9 Å². The summed E-state index contributed by atoms with van der Waals surface area (Å²) in [5.74, 6) is -0.999. The van der Waals surface area contributed by atoms with Gasteiger partial charge in [0, 0.05) is 5.56 Å². The fourth-order valence-corrected chi connectivity index (χ4v) is 2.88. The summed E-state index contributed by atoms with van der Waals surface area (Å²) in [7, 11) is 0. The van der Waals surface area contributed by atoms with Gasteiger partial charge in [-0.1, -0.05) is 23.4 Å². The number of hydrogen-bond acceptors (Lipinski definition) is 6. The van der Waals surface area contributed by atoms with Crippen LogP contribution < -0.4 is 0 Å². The number of hydrogen-bond donors (Lipinski definition) is 0. The molecule has 0 spiro atoms. The van der Waals surface area contributed by atoms with E-state index in [9.17, 15) is 9.59 Å². The summed E-state index contributed by atoms with van der Waals surface area (Å²) < 4.78 is 5.12. The van der Waals surface area contributed by atoms with Gasteiger partial charge in [-0.2, -0.15) is 0 Å². The minimum absolute atomic E-state index is 0.0400. The number of nitrogens with zero attached hydrogens (tertiary/aromatic N) is 2. The first-order valence-corrected chi connectivity index (χ1v) is 9.20. The summed E-state index contributed by atoms with van der Waals surface area (Å²) in [4.78, 5) is 32.7. The normalized spacial score (nSPS) is 10.6. The van der Waals surface area contributed by atoms with Crippen molar-refractivity contribution in [2.75, 3.05) is 12.9 Å². The summed E-state index contributed by atoms with van der Waals surface area (Å²) in [5.41, 5.74) is 4.67. The molecule has 2 aromatic rings. The highest BCUT2D eigenvalue weighted by molar-refractivity contribution is 7.98. The third-order valence-corrected chi connectivity index (χ3v) is 5.05. The molecule has 0 saturated carbocycles. The number of carbonyl (C=O) groups excluding carboxylic acids is 2. The lowest BCUT2D eigenvalue weighted by Gasteiger charge is -2.13. The smallest absolute Gasteiger partial charge is 0.359 e. The first kappa shape index (κ1) is 19.4. The molecule has 0 unspecified atom stereocenters. The van der Waals surface area contributed by atoms with Gasteiger partial charge < -0.3 is 4.74 Å². The Kier molecular flexibility index (Phi) is 6.19. The molecule has 0 aliphatic rings. The highest BCUT2D eigenvalue weighted by atomic mass is 35.5. The predicted molar refractivity (Wildman–Crippen MR) is 98.8 cm³/mol. The van der Waals surface area contributed by atoms with Crippen molar-refractivity contribution in [1.82, 2.24) is 9.97 Å². The summed E-state index contributed by atoms with van der Waals surface area (Å²) in [5, 5.41) is 0.497. The molecule has 0 aliphatic heterocycles. The lowest BCUT2D eigenvalue weighted by Crippen LogP contribution is -2.17. The molecule has 0 bridgehead atoms. The second kappa shape index (κ2) is 7.97. The van der Waals surface area contributed by atoms with E-state index < -0.39 is 5.97 Å². The maximum atomic E-state index is 12.5. The van der Waals surface area contributed by atoms with Gasteiger partial charge in [0.1, 0.15) is 0 Å². The number of halogens is 1. The van der Waals surface area contributed by atoms with Crippen LogP contribution in [0.15, 0.2) is 17.4 Å². The Morgan fingerprint density at radius 1 is 1.16 bits per heavy atom. The summed E-state index contributed by atoms with van der Waals surface area (Å²) in [6, 6.07) is 1.83. The Morgan fingerprint density at radius 2 is 1.84 bits per heavy atom. The van der Waals surface area contributed by atoms with Crippen molar-refractivity contribution >= 4 is 35.1 Å². The van der Waals surface area contributed by atoms with E-state index in [1.54, 1.807) is 6.26 Å². The van der Waals surface area contributed by atoms with Gasteiger partial charge in [-0.05, 0) is 62.3 Å². The molecule has 7 heteroatoms. The predicted octanol–water partition coefficient (Wildman–Crippen LogP) is 4.13. The van der Waals surface area contributed by atoms with E-state index in [4.69, 9.17) is 16.3 Å². The molecule has 132 valence electrons. The average Bonchev–Trinajstić information content (AvgIpc) is 2.61. The van der Waals surface area contributed by atoms with Crippen LogP contribution in [0.5, 0.6) is 0 Å². The van der Waals surface area contributed by atoms with E-state index in [1.807, 2.05) is 33.8 Å². The molecule has 0 amide bonds. The number of ketones is 1. The zero-order valence-electron chi connectivity index (χ0n) is 14.8. The molecule has 0 atom stereocenters. The maximum absolute atomic E-state index is 12.5. The van der Waals surface area contributed by atoms with E-state index in [0.717, 1.165) is 22.3 Å². The van der Waals surface area contributed by atoms with Gasteiger partial charge in [-0.3, -0.25) is 4.79 Å². The van der Waals surface area contributed by atoms with Crippen LogP contribution in [-0.2, 0) is 4.74 Å². The minimum Gasteiger partial charge on any atom is -0.453 e. The highest BCUT2D eigenvalue weighted by Gasteiger charge is 2.19. The molecular weight excluding hydrogens is 360 g/mol. The fourth-order valence-electron chi connectivity index (χ4n) is 2.37. The Balaban J connectivity index is 2.17. The van der Waals surface area contributed by atoms with Crippen molar-refractivity contribution in [3.05, 3.63) is 50.8 Å². The maximum Gasteiger partial charge on any atom is 0.359 e. The van der Waals surface area contributed by atoms with Crippen molar-refractivity contribution in [2.24, 2.45) is 0 Å². The number of aryl methyl sites for hydroxylation is 1. The number of benzene rings is 1. The standard InChI is InChI=1S/C18H19ClN2O3S/c1-9-6-13(12(4)11(3)10(9)2)15(22)8-24-17(23)16-14(19)7-20-18(21-16)25-5/h6-7H,8H2,1-5H3. The van der Waals surface area contributed by atoms with Crippen molar-refractivity contribution in [3.63, 3.8) is 0 Å². The van der Waals surface area contributed by atoms with Crippen LogP contribution in [0.25, 0.3) is 0 Å². The lowest BCUT2D eigenvalue weighted by molar-refractivity contribution is 0.0468. The molecule has 1 aromatic carbocycles. The average molecular weight is 379 g/mol. The molecular formula is C18H19ClN2O3S. The van der Waals surface area contributed by atoms with Crippen molar-refractivity contribution < 1.29 is 14.3 Å². The van der Waals surface area contributed by atoms with Gasteiger partial charge in [0.05, 0.1) is 11.2 Å². The van der Waals surface area contributed by atoms with E-state index in [1.165, 1.54) is 18.0 Å². The number of esters is 1. The van der Waals surface area contributed by atoms with Crippen LogP contribution in [0.1, 0.15) is 43.1 Å². The largest absolute Gasteiger partial charge is 0.453 e. The minimum atomic E-state index is -0.741. The Bertz CT molecular complexity index is 853. The highest BCUT2D eigenvalue weighted by Crippen LogP contribution is 2.22. The van der Waals surface area contributed by atoms with Gasteiger partial charge >= 0.3 is 5.97 Å². The monoisotopic (exact) mass is 378 g/mol. The SMILES string of the molecule is CSc1ncc(Cl)c(C(=O)OCC(=O)c2cc(C)c(C)c(C)c2C)n1. The topological polar surface area (TPSA) is 69.2 Å². The van der Waals surface area contributed by atoms with Crippen LogP contribution in [0.2, 0.25) is 5.02 Å². The summed E-state index contributed by atoms with van der Waals surface area (Å²) in [6.45, 7) is 7.48. The fraction of sp³-hybridized carbons (Fsp3) is 0.333. The number of rotatable bonds is 5. The van der Waals surface area contributed by atoms with E-state index >= 15 is 0 Å².